The second kappa shape index (κ2) is 9.01. The van der Waals surface area contributed by atoms with Crippen LogP contribution in [-0.2, 0) is 10.4 Å². The zero-order chi connectivity index (χ0) is 27.7. The van der Waals surface area contributed by atoms with Gasteiger partial charge in [-0.15, -0.1) is 0 Å². The number of amides is 1. The summed E-state index contributed by atoms with van der Waals surface area (Å²) < 4.78 is 53.3. The van der Waals surface area contributed by atoms with Gasteiger partial charge in [0.2, 0.25) is 0 Å². The zero-order valence-corrected chi connectivity index (χ0v) is 18.0. The number of benzene rings is 2. The first-order valence-electron chi connectivity index (χ1n) is 13.6. The van der Waals surface area contributed by atoms with Crippen LogP contribution in [0.5, 0.6) is 5.75 Å². The van der Waals surface area contributed by atoms with Gasteiger partial charge in [-0.3, -0.25) is 4.79 Å². The molecule has 0 aromatic heterocycles. The monoisotopic (exact) mass is 431 g/mol. The van der Waals surface area contributed by atoms with E-state index in [2.05, 4.69) is 12.2 Å². The molecule has 0 unspecified atom stereocenters. The van der Waals surface area contributed by atoms with Crippen LogP contribution >= 0.6 is 0 Å². The van der Waals surface area contributed by atoms with Crippen LogP contribution in [0.4, 0.5) is 0 Å². The Balaban J connectivity index is 1.97. The number of rotatable bonds is 8. The first-order valence-corrected chi connectivity index (χ1v) is 10.6. The minimum absolute atomic E-state index is 0.0337. The largest absolute Gasteiger partial charge is 0.493 e. The molecule has 31 heavy (non-hydrogen) atoms. The third-order valence-corrected chi connectivity index (χ3v) is 6.08. The summed E-state index contributed by atoms with van der Waals surface area (Å²) in [6, 6.07) is 11.9. The Bertz CT molecular complexity index is 1050. The summed E-state index contributed by atoms with van der Waals surface area (Å²) in [7, 11) is 0. The van der Waals surface area contributed by atoms with Gasteiger partial charge in [-0.1, -0.05) is 62.2 Å². The number of ether oxygens (including phenoxy) is 1. The molecule has 0 radical (unpaired) electrons. The standard InChI is InChI=1S/C26H35NO4/c1-24(2,29)22(27-23(28)26(4,30)20-10-6-5-7-11-20)19-12-14-21(15-13-19)31-18-25(3)16-8-9-17-25/h5-7,10-15,22,29-30H,8-9,16-18H2,1-4H3,(H,27,28)/t22-,26-/m1/s1/i1D3,2D3. The number of carbonyl (C=O) groups excluding carboxylic acids is 1. The maximum absolute atomic E-state index is 13.2. The van der Waals surface area contributed by atoms with Crippen LogP contribution in [0, 0.1) is 5.41 Å². The number of carbonyl (C=O) groups is 1. The highest BCUT2D eigenvalue weighted by Crippen LogP contribution is 2.38. The summed E-state index contributed by atoms with van der Waals surface area (Å²) in [5.74, 6) is -0.574. The highest BCUT2D eigenvalue weighted by Gasteiger charge is 2.38. The lowest BCUT2D eigenvalue weighted by Gasteiger charge is -2.33. The molecule has 0 spiro atoms. The van der Waals surface area contributed by atoms with Crippen LogP contribution in [0.25, 0.3) is 0 Å². The zero-order valence-electron chi connectivity index (χ0n) is 24.0. The minimum atomic E-state index is -3.42. The molecule has 1 aliphatic carbocycles. The highest BCUT2D eigenvalue weighted by molar-refractivity contribution is 5.86. The van der Waals surface area contributed by atoms with Gasteiger partial charge in [-0.05, 0) is 56.7 Å². The molecule has 0 saturated heterocycles. The van der Waals surface area contributed by atoms with E-state index in [1.165, 1.54) is 31.2 Å². The average Bonchev–Trinajstić information content (AvgIpc) is 3.26. The second-order valence-corrected chi connectivity index (χ2v) is 8.99. The Kier molecular flexibility index (Phi) is 4.74. The Morgan fingerprint density at radius 1 is 1.13 bits per heavy atom. The summed E-state index contributed by atoms with van der Waals surface area (Å²) in [5.41, 5.74) is -5.18. The van der Waals surface area contributed by atoms with Gasteiger partial charge >= 0.3 is 0 Å². The lowest BCUT2D eigenvalue weighted by atomic mass is 9.89. The van der Waals surface area contributed by atoms with Gasteiger partial charge in [0.1, 0.15) is 5.75 Å². The molecule has 168 valence electrons. The van der Waals surface area contributed by atoms with Crippen molar-refractivity contribution in [3.05, 3.63) is 65.7 Å². The average molecular weight is 432 g/mol. The van der Waals surface area contributed by atoms with E-state index in [0.717, 1.165) is 25.7 Å². The van der Waals surface area contributed by atoms with Gasteiger partial charge in [0.05, 0.1) is 18.2 Å². The van der Waals surface area contributed by atoms with Crippen molar-refractivity contribution >= 4 is 5.91 Å². The number of hydrogen-bond acceptors (Lipinski definition) is 4. The van der Waals surface area contributed by atoms with Crippen molar-refractivity contribution in [1.82, 2.24) is 5.32 Å². The molecule has 1 aliphatic rings. The van der Waals surface area contributed by atoms with Crippen molar-refractivity contribution in [2.75, 3.05) is 6.61 Å². The Hall–Kier alpha value is -2.37. The fourth-order valence-electron chi connectivity index (χ4n) is 3.98. The van der Waals surface area contributed by atoms with Crippen molar-refractivity contribution in [3.63, 3.8) is 0 Å². The molecule has 0 aliphatic heterocycles. The predicted octanol–water partition coefficient (Wildman–Crippen LogP) is 4.48. The molecule has 2 atom stereocenters. The second-order valence-electron chi connectivity index (χ2n) is 8.99. The van der Waals surface area contributed by atoms with Crippen molar-refractivity contribution in [2.24, 2.45) is 5.41 Å². The van der Waals surface area contributed by atoms with Crippen LogP contribution in [-0.4, -0.2) is 28.3 Å². The van der Waals surface area contributed by atoms with Gasteiger partial charge in [0, 0.05) is 13.6 Å². The maximum Gasteiger partial charge on any atom is 0.256 e. The summed E-state index contributed by atoms with van der Waals surface area (Å²) in [6.07, 6.45) is 4.42. The van der Waals surface area contributed by atoms with Crippen LogP contribution in [0.1, 0.15) is 78.6 Å². The molecular formula is C26H35NO4. The molecule has 3 N–H and O–H groups in total. The molecule has 1 fully saturated rings. The highest BCUT2D eigenvalue weighted by atomic mass is 16.5. The predicted molar refractivity (Wildman–Crippen MR) is 122 cm³/mol. The molecule has 5 heteroatoms. The Morgan fingerprint density at radius 3 is 2.32 bits per heavy atom. The van der Waals surface area contributed by atoms with E-state index >= 15 is 0 Å². The first-order chi connectivity index (χ1) is 17.0. The summed E-state index contributed by atoms with van der Waals surface area (Å²) in [5, 5.41) is 24.6. The quantitative estimate of drug-likeness (QED) is 0.576. The molecule has 0 heterocycles. The van der Waals surface area contributed by atoms with E-state index in [-0.39, 0.29) is 16.5 Å². The van der Waals surface area contributed by atoms with Crippen LogP contribution in [0.3, 0.4) is 0 Å². The van der Waals surface area contributed by atoms with E-state index in [0.29, 0.717) is 12.4 Å². The smallest absolute Gasteiger partial charge is 0.256 e. The lowest BCUT2D eigenvalue weighted by molar-refractivity contribution is -0.141. The van der Waals surface area contributed by atoms with Gasteiger partial charge in [-0.25, -0.2) is 0 Å². The van der Waals surface area contributed by atoms with Crippen LogP contribution in [0.2, 0.25) is 0 Å². The third kappa shape index (κ3) is 5.66. The fourth-order valence-corrected chi connectivity index (χ4v) is 3.98. The van der Waals surface area contributed by atoms with E-state index in [1.807, 2.05) is 0 Å². The molecule has 2 aromatic carbocycles. The Morgan fingerprint density at radius 2 is 1.74 bits per heavy atom. The van der Waals surface area contributed by atoms with Crippen molar-refractivity contribution < 1.29 is 28.0 Å². The number of hydrogen-bond donors (Lipinski definition) is 3. The maximum atomic E-state index is 13.2. The van der Waals surface area contributed by atoms with Crippen LogP contribution < -0.4 is 10.1 Å². The Labute approximate surface area is 193 Å². The fraction of sp³-hybridized carbons (Fsp3) is 0.500. The molecule has 1 saturated carbocycles. The molecule has 0 bridgehead atoms. The van der Waals surface area contributed by atoms with Gasteiger partial charge in [-0.2, -0.15) is 0 Å². The topological polar surface area (TPSA) is 78.8 Å². The SMILES string of the molecule is [2H]C([2H])([2H])C(O)([C@H](NC(=O)[C@](C)(O)c1ccccc1)c1ccc(OCC2(C)CCCC2)cc1)C([2H])([2H])[2H]. The molecule has 1 amide bonds. The van der Waals surface area contributed by atoms with Gasteiger partial charge < -0.3 is 20.3 Å². The minimum Gasteiger partial charge on any atom is -0.493 e. The summed E-state index contributed by atoms with van der Waals surface area (Å²) >= 11 is 0. The molecule has 2 aromatic rings. The van der Waals surface area contributed by atoms with E-state index in [9.17, 15) is 15.0 Å². The molecule has 3 rings (SSSR count). The number of aliphatic hydroxyl groups is 2. The van der Waals surface area contributed by atoms with E-state index in [1.54, 1.807) is 30.3 Å². The van der Waals surface area contributed by atoms with Crippen molar-refractivity contribution in [1.29, 1.82) is 0 Å². The molecule has 5 nitrogen and oxygen atoms in total. The third-order valence-electron chi connectivity index (χ3n) is 6.08. The van der Waals surface area contributed by atoms with Gasteiger partial charge in [0.15, 0.2) is 5.60 Å². The van der Waals surface area contributed by atoms with E-state index in [4.69, 9.17) is 13.0 Å². The first kappa shape index (κ1) is 16.3. The number of nitrogens with one attached hydrogen (secondary N) is 1. The van der Waals surface area contributed by atoms with Gasteiger partial charge in [0.25, 0.3) is 5.91 Å². The molecular weight excluding hydrogens is 390 g/mol. The van der Waals surface area contributed by atoms with E-state index < -0.39 is 36.9 Å². The lowest BCUT2D eigenvalue weighted by Crippen LogP contribution is -2.49. The normalized spacial score (nSPS) is 22.5. The summed E-state index contributed by atoms with van der Waals surface area (Å²) in [4.78, 5) is 13.2. The summed E-state index contributed by atoms with van der Waals surface area (Å²) in [6.45, 7) is -2.96. The van der Waals surface area contributed by atoms with Crippen molar-refractivity contribution in [3.8, 4) is 5.75 Å². The van der Waals surface area contributed by atoms with Crippen LogP contribution in [0.15, 0.2) is 54.6 Å². The van der Waals surface area contributed by atoms with Crippen molar-refractivity contribution in [2.45, 2.75) is 70.5 Å².